The molecule has 156 valence electrons. The second kappa shape index (κ2) is 9.85. The van der Waals surface area contributed by atoms with Crippen LogP contribution in [0.3, 0.4) is 0 Å². The molecule has 1 fully saturated rings. The zero-order valence-electron chi connectivity index (χ0n) is 16.3. The normalized spacial score (nSPS) is 14.7. The minimum atomic E-state index is 0. The number of morpholine rings is 1. The molecule has 1 aliphatic heterocycles. The van der Waals surface area contributed by atoms with Crippen LogP contribution in [0.1, 0.15) is 20.8 Å². The Kier molecular flexibility index (Phi) is 7.69. The highest BCUT2D eigenvalue weighted by Gasteiger charge is 2.24. The van der Waals surface area contributed by atoms with Crippen molar-refractivity contribution in [2.24, 2.45) is 0 Å². The van der Waals surface area contributed by atoms with Crippen molar-refractivity contribution in [3.8, 4) is 0 Å². The highest BCUT2D eigenvalue weighted by atomic mass is 79.9. The highest BCUT2D eigenvalue weighted by Crippen LogP contribution is 2.33. The van der Waals surface area contributed by atoms with Gasteiger partial charge < -0.3 is 4.74 Å². The predicted molar refractivity (Wildman–Crippen MR) is 127 cm³/mol. The molecule has 1 aliphatic rings. The molecule has 0 bridgehead atoms. The number of carbonyl (C=O) groups is 1. The first kappa shape index (κ1) is 22.7. The number of hydrogen-bond donors (Lipinski definition) is 0. The maximum absolute atomic E-state index is 13.3. The molecule has 9 heteroatoms. The van der Waals surface area contributed by atoms with Gasteiger partial charge in [0.2, 0.25) is 0 Å². The van der Waals surface area contributed by atoms with E-state index in [1.165, 1.54) is 22.5 Å². The Hall–Kier alpha value is -1.03. The lowest BCUT2D eigenvalue weighted by atomic mass is 10.1. The Morgan fingerprint density at radius 2 is 1.97 bits per heavy atom. The van der Waals surface area contributed by atoms with Crippen LogP contribution < -0.4 is 4.90 Å². The second-order valence-corrected chi connectivity index (χ2v) is 10.3. The molecule has 5 nitrogen and oxygen atoms in total. The summed E-state index contributed by atoms with van der Waals surface area (Å²) in [6, 6.07) is 8.02. The van der Waals surface area contributed by atoms with E-state index in [-0.39, 0.29) is 18.3 Å². The zero-order valence-corrected chi connectivity index (χ0v) is 20.3. The van der Waals surface area contributed by atoms with Gasteiger partial charge in [0, 0.05) is 26.2 Å². The summed E-state index contributed by atoms with van der Waals surface area (Å²) in [5.74, 6) is 0.0115. The summed E-state index contributed by atoms with van der Waals surface area (Å²) in [5, 5.41) is 0.770. The van der Waals surface area contributed by atoms with Crippen LogP contribution in [0, 0.1) is 13.8 Å². The van der Waals surface area contributed by atoms with Crippen LogP contribution in [-0.2, 0) is 4.74 Å². The summed E-state index contributed by atoms with van der Waals surface area (Å²) >= 11 is 6.52. The number of amides is 1. The summed E-state index contributed by atoms with van der Waals surface area (Å²) < 4.78 is 7.52. The maximum atomic E-state index is 13.3. The highest BCUT2D eigenvalue weighted by molar-refractivity contribution is 9.11. The Labute approximate surface area is 193 Å². The van der Waals surface area contributed by atoms with Gasteiger partial charge in [-0.1, -0.05) is 17.4 Å². The third kappa shape index (κ3) is 5.00. The molecule has 0 unspecified atom stereocenters. The lowest BCUT2D eigenvalue weighted by molar-refractivity contribution is 0.0391. The number of ether oxygens (including phenoxy) is 1. The third-order valence-electron chi connectivity index (χ3n) is 5.08. The Morgan fingerprint density at radius 3 is 2.66 bits per heavy atom. The number of aryl methyl sites for hydroxylation is 2. The molecule has 0 spiro atoms. The monoisotopic (exact) mass is 515 g/mol. The number of aromatic nitrogens is 1. The number of halogens is 2. The van der Waals surface area contributed by atoms with Gasteiger partial charge in [-0.05, 0) is 59.1 Å². The van der Waals surface area contributed by atoms with Crippen molar-refractivity contribution in [1.82, 2.24) is 9.88 Å². The van der Waals surface area contributed by atoms with Gasteiger partial charge in [-0.25, -0.2) is 4.98 Å². The van der Waals surface area contributed by atoms with E-state index in [1.807, 2.05) is 17.0 Å². The number of hydrogen-bond acceptors (Lipinski definition) is 6. The molecule has 1 saturated heterocycles. The summed E-state index contributed by atoms with van der Waals surface area (Å²) in [6.07, 6.45) is 0. The molecule has 0 aliphatic carbocycles. The second-order valence-electron chi connectivity index (χ2n) is 6.87. The first-order valence-corrected chi connectivity index (χ1v) is 11.7. The van der Waals surface area contributed by atoms with Crippen molar-refractivity contribution in [1.29, 1.82) is 0 Å². The summed E-state index contributed by atoms with van der Waals surface area (Å²) in [6.45, 7) is 8.95. The molecule has 0 radical (unpaired) electrons. The summed E-state index contributed by atoms with van der Waals surface area (Å²) in [7, 11) is 0. The van der Waals surface area contributed by atoms with E-state index in [0.29, 0.717) is 6.54 Å². The SMILES string of the molecule is Cc1ccc2sc(N(CCN3CCOCC3)C(=O)c3ccc(Br)s3)nc2c1C.Cl. The molecule has 0 N–H and O–H groups in total. The van der Waals surface area contributed by atoms with Gasteiger partial charge in [-0.2, -0.15) is 0 Å². The van der Waals surface area contributed by atoms with Crippen LogP contribution in [0.2, 0.25) is 0 Å². The average molecular weight is 517 g/mol. The van der Waals surface area contributed by atoms with E-state index in [1.54, 1.807) is 11.3 Å². The van der Waals surface area contributed by atoms with Crippen molar-refractivity contribution >= 4 is 72.3 Å². The molecule has 4 rings (SSSR count). The van der Waals surface area contributed by atoms with Gasteiger partial charge >= 0.3 is 0 Å². The largest absolute Gasteiger partial charge is 0.379 e. The smallest absolute Gasteiger partial charge is 0.270 e. The number of rotatable bonds is 5. The van der Waals surface area contributed by atoms with Crippen LogP contribution in [0.5, 0.6) is 0 Å². The number of nitrogens with zero attached hydrogens (tertiary/aromatic N) is 3. The van der Waals surface area contributed by atoms with Crippen molar-refractivity contribution in [2.45, 2.75) is 13.8 Å². The molecule has 0 atom stereocenters. The molecule has 1 amide bonds. The Bertz CT molecular complexity index is 1000. The standard InChI is InChI=1S/C20H22BrN3O2S2.ClH/c1-13-3-4-15-18(14(13)2)22-20(28-15)24(8-7-23-9-11-26-12-10-23)19(25)16-5-6-17(21)27-16;/h3-6H,7-12H2,1-2H3;1H. The lowest BCUT2D eigenvalue weighted by Crippen LogP contribution is -2.43. The number of anilines is 1. The van der Waals surface area contributed by atoms with E-state index >= 15 is 0 Å². The van der Waals surface area contributed by atoms with Gasteiger partial charge in [0.15, 0.2) is 5.13 Å². The topological polar surface area (TPSA) is 45.7 Å². The maximum Gasteiger partial charge on any atom is 0.270 e. The van der Waals surface area contributed by atoms with Crippen LogP contribution >= 0.6 is 51.0 Å². The van der Waals surface area contributed by atoms with E-state index in [0.717, 1.165) is 56.9 Å². The van der Waals surface area contributed by atoms with Gasteiger partial charge in [0.05, 0.1) is 32.1 Å². The Balaban J connectivity index is 0.00000240. The molecular weight excluding hydrogens is 494 g/mol. The summed E-state index contributed by atoms with van der Waals surface area (Å²) in [5.41, 5.74) is 3.40. The predicted octanol–water partition coefficient (Wildman–Crippen LogP) is 5.14. The van der Waals surface area contributed by atoms with Crippen LogP contribution in [-0.4, -0.2) is 55.2 Å². The fourth-order valence-corrected chi connectivity index (χ4v) is 5.63. The molecule has 3 heterocycles. The van der Waals surface area contributed by atoms with Crippen molar-refractivity contribution in [2.75, 3.05) is 44.3 Å². The third-order valence-corrected chi connectivity index (χ3v) is 7.73. The minimum absolute atomic E-state index is 0. The quantitative estimate of drug-likeness (QED) is 0.471. The molecule has 2 aromatic heterocycles. The summed E-state index contributed by atoms with van der Waals surface area (Å²) in [4.78, 5) is 23.1. The number of fused-ring (bicyclic) bond motifs is 1. The fraction of sp³-hybridized carbons (Fsp3) is 0.400. The lowest BCUT2D eigenvalue weighted by Gasteiger charge is -2.29. The van der Waals surface area contributed by atoms with Gasteiger partial charge in [0.25, 0.3) is 5.91 Å². The number of thiazole rings is 1. The van der Waals surface area contributed by atoms with E-state index in [9.17, 15) is 4.79 Å². The van der Waals surface area contributed by atoms with Crippen LogP contribution in [0.4, 0.5) is 5.13 Å². The van der Waals surface area contributed by atoms with Crippen LogP contribution in [0.15, 0.2) is 28.1 Å². The van der Waals surface area contributed by atoms with Crippen molar-refractivity contribution in [3.63, 3.8) is 0 Å². The average Bonchev–Trinajstić information content (AvgIpc) is 3.32. The number of benzene rings is 1. The van der Waals surface area contributed by atoms with E-state index < -0.39 is 0 Å². The van der Waals surface area contributed by atoms with Crippen molar-refractivity contribution < 1.29 is 9.53 Å². The molecule has 3 aromatic rings. The fourth-order valence-electron chi connectivity index (χ4n) is 3.24. The van der Waals surface area contributed by atoms with Gasteiger partial charge in [0.1, 0.15) is 0 Å². The molecular formula is C20H23BrClN3O2S2. The van der Waals surface area contributed by atoms with E-state index in [4.69, 9.17) is 9.72 Å². The molecule has 0 saturated carbocycles. The zero-order chi connectivity index (χ0) is 19.7. The minimum Gasteiger partial charge on any atom is -0.379 e. The van der Waals surface area contributed by atoms with Crippen LogP contribution in [0.25, 0.3) is 10.2 Å². The Morgan fingerprint density at radius 1 is 1.21 bits per heavy atom. The number of thiophene rings is 1. The van der Waals surface area contributed by atoms with Crippen molar-refractivity contribution in [3.05, 3.63) is 44.1 Å². The molecule has 1 aromatic carbocycles. The molecule has 29 heavy (non-hydrogen) atoms. The van der Waals surface area contributed by atoms with Gasteiger partial charge in [-0.15, -0.1) is 23.7 Å². The van der Waals surface area contributed by atoms with Gasteiger partial charge in [-0.3, -0.25) is 14.6 Å². The first-order valence-electron chi connectivity index (χ1n) is 9.27. The number of carbonyl (C=O) groups excluding carboxylic acids is 1. The first-order chi connectivity index (χ1) is 13.5. The van der Waals surface area contributed by atoms with E-state index in [2.05, 4.69) is 46.8 Å².